The van der Waals surface area contributed by atoms with E-state index in [4.69, 9.17) is 4.42 Å². The molecule has 1 aromatic heterocycles. The highest BCUT2D eigenvalue weighted by Gasteiger charge is 2.44. The van der Waals surface area contributed by atoms with Gasteiger partial charge in [0, 0.05) is 38.5 Å². The van der Waals surface area contributed by atoms with E-state index in [2.05, 4.69) is 225 Å². The van der Waals surface area contributed by atoms with Gasteiger partial charge in [0.2, 0.25) is 0 Å². The van der Waals surface area contributed by atoms with E-state index < -0.39 is 0 Å². The molecule has 0 saturated carbocycles. The molecule has 2 unspecified atom stereocenters. The minimum absolute atomic E-state index is 0.285. The molecule has 0 N–H and O–H groups in total. The van der Waals surface area contributed by atoms with E-state index in [0.717, 1.165) is 50.1 Å². The van der Waals surface area contributed by atoms with Crippen LogP contribution in [0.25, 0.3) is 55.3 Å². The summed E-state index contributed by atoms with van der Waals surface area (Å²) < 4.78 is 6.38. The quantitative estimate of drug-likeness (QED) is 0.168. The first-order chi connectivity index (χ1) is 29.5. The predicted molar refractivity (Wildman–Crippen MR) is 249 cm³/mol. The number of para-hydroxylation sites is 1. The van der Waals surface area contributed by atoms with Crippen LogP contribution in [0.3, 0.4) is 0 Å². The van der Waals surface area contributed by atoms with E-state index in [0.29, 0.717) is 0 Å². The van der Waals surface area contributed by atoms with Gasteiger partial charge in [-0.2, -0.15) is 0 Å². The number of rotatable bonds is 6. The van der Waals surface area contributed by atoms with Crippen molar-refractivity contribution in [3.05, 3.63) is 246 Å². The van der Waals surface area contributed by atoms with Gasteiger partial charge in [0.05, 0.1) is 5.69 Å². The number of hydrogen-bond acceptors (Lipinski definition) is 2. The van der Waals surface area contributed by atoms with Gasteiger partial charge < -0.3 is 9.32 Å². The van der Waals surface area contributed by atoms with E-state index in [9.17, 15) is 0 Å². The first-order valence-corrected chi connectivity index (χ1v) is 20.9. The van der Waals surface area contributed by atoms with Gasteiger partial charge in [-0.1, -0.05) is 170 Å². The highest BCUT2D eigenvalue weighted by Crippen LogP contribution is 2.58. The molecule has 60 heavy (non-hydrogen) atoms. The summed E-state index contributed by atoms with van der Waals surface area (Å²) in [6.07, 6.45) is 0. The monoisotopic (exact) mass is 767 g/mol. The summed E-state index contributed by atoms with van der Waals surface area (Å²) in [4.78, 5) is 2.50. The molecule has 2 aliphatic carbocycles. The van der Waals surface area contributed by atoms with Gasteiger partial charge in [0.25, 0.3) is 0 Å². The zero-order valence-electron chi connectivity index (χ0n) is 33.6. The normalized spacial score (nSPS) is 17.3. The molecule has 2 nitrogen and oxygen atoms in total. The summed E-state index contributed by atoms with van der Waals surface area (Å²) in [6, 6.07) is 77.9. The predicted octanol–water partition coefficient (Wildman–Crippen LogP) is 15.4. The Morgan fingerprint density at radius 3 is 1.72 bits per heavy atom. The fraction of sp³-hybridized carbons (Fsp3) is 0.0690. The third kappa shape index (κ3) is 4.82. The van der Waals surface area contributed by atoms with Crippen molar-refractivity contribution in [3.63, 3.8) is 0 Å². The van der Waals surface area contributed by atoms with Crippen LogP contribution in [0.4, 0.5) is 17.1 Å². The Balaban J connectivity index is 1.12. The van der Waals surface area contributed by atoms with E-state index in [1.165, 1.54) is 55.6 Å². The van der Waals surface area contributed by atoms with Crippen LogP contribution >= 0.6 is 0 Å². The molecule has 0 bridgehead atoms. The number of hydrogen-bond donors (Lipinski definition) is 0. The number of nitrogens with zero attached hydrogens (tertiary/aromatic N) is 1. The molecule has 284 valence electrons. The Kier molecular flexibility index (Phi) is 7.52. The van der Waals surface area contributed by atoms with Crippen molar-refractivity contribution in [1.82, 2.24) is 0 Å². The molecule has 0 spiro atoms. The highest BCUT2D eigenvalue weighted by molar-refractivity contribution is 6.12. The lowest BCUT2D eigenvalue weighted by Gasteiger charge is -2.31. The summed E-state index contributed by atoms with van der Waals surface area (Å²) in [5.41, 5.74) is 19.8. The average molecular weight is 768 g/mol. The zero-order chi connectivity index (χ0) is 40.0. The Morgan fingerprint density at radius 2 is 0.933 bits per heavy atom. The molecule has 2 aliphatic rings. The van der Waals surface area contributed by atoms with E-state index in [-0.39, 0.29) is 10.8 Å². The molecule has 0 fully saturated rings. The molecule has 2 atom stereocenters. The van der Waals surface area contributed by atoms with Crippen LogP contribution in [-0.2, 0) is 10.8 Å². The fourth-order valence-electron chi connectivity index (χ4n) is 10.8. The van der Waals surface area contributed by atoms with Crippen molar-refractivity contribution in [2.75, 3.05) is 4.90 Å². The first-order valence-electron chi connectivity index (χ1n) is 20.9. The van der Waals surface area contributed by atoms with Crippen LogP contribution in [0.5, 0.6) is 0 Å². The van der Waals surface area contributed by atoms with Crippen LogP contribution in [-0.4, -0.2) is 0 Å². The number of furan rings is 1. The highest BCUT2D eigenvalue weighted by atomic mass is 16.3. The summed E-state index contributed by atoms with van der Waals surface area (Å²) in [5.74, 6) is 0. The standard InChI is InChI=1S/C58H41NO/c1-57(39-19-5-3-6-20-39)48-28-12-9-24-44(48)47-37-42(34-35-50(47)57)59(41-23-15-18-38(36-41)43-27-16-33-54-55(43)46-26-11-14-32-53(46)60-54)52-31-17-30-51-56(52)45-25-10-13-29-49(45)58(51,2)40-21-7-4-8-22-40/h3-37H,1-2H3. The zero-order valence-corrected chi connectivity index (χ0v) is 33.6. The second kappa shape index (κ2) is 13.0. The fourth-order valence-corrected chi connectivity index (χ4v) is 10.8. The van der Waals surface area contributed by atoms with Gasteiger partial charge in [-0.05, 0) is 118 Å². The molecule has 12 rings (SSSR count). The molecule has 0 radical (unpaired) electrons. The second-order valence-electron chi connectivity index (χ2n) is 16.7. The molecule has 9 aromatic carbocycles. The minimum Gasteiger partial charge on any atom is -0.456 e. The number of anilines is 3. The topological polar surface area (TPSA) is 16.4 Å². The SMILES string of the molecule is CC1(c2ccccc2)c2ccccc2-c2cc(N(c3cccc(-c4cccc5oc6ccccc6c45)c3)c3cccc4c3-c3ccccc3C4(C)c3ccccc3)ccc21. The van der Waals surface area contributed by atoms with E-state index >= 15 is 0 Å². The summed E-state index contributed by atoms with van der Waals surface area (Å²) >= 11 is 0. The van der Waals surface area contributed by atoms with Crippen molar-refractivity contribution in [2.24, 2.45) is 0 Å². The Labute approximate surface area is 350 Å². The van der Waals surface area contributed by atoms with Crippen molar-refractivity contribution in [2.45, 2.75) is 24.7 Å². The summed E-state index contributed by atoms with van der Waals surface area (Å²) in [5, 5.41) is 2.26. The van der Waals surface area contributed by atoms with Crippen LogP contribution in [0.15, 0.2) is 217 Å². The van der Waals surface area contributed by atoms with Crippen molar-refractivity contribution in [3.8, 4) is 33.4 Å². The largest absolute Gasteiger partial charge is 0.456 e. The van der Waals surface area contributed by atoms with Crippen molar-refractivity contribution in [1.29, 1.82) is 0 Å². The summed E-state index contributed by atoms with van der Waals surface area (Å²) in [7, 11) is 0. The second-order valence-corrected chi connectivity index (χ2v) is 16.7. The van der Waals surface area contributed by atoms with Crippen LogP contribution in [0.2, 0.25) is 0 Å². The lowest BCUT2D eigenvalue weighted by atomic mass is 9.74. The molecule has 10 aromatic rings. The van der Waals surface area contributed by atoms with Gasteiger partial charge in [0.15, 0.2) is 0 Å². The lowest BCUT2D eigenvalue weighted by molar-refractivity contribution is 0.669. The van der Waals surface area contributed by atoms with Crippen LogP contribution < -0.4 is 4.90 Å². The Hall–Kier alpha value is -7.42. The van der Waals surface area contributed by atoms with Gasteiger partial charge in [-0.3, -0.25) is 0 Å². The minimum atomic E-state index is -0.330. The van der Waals surface area contributed by atoms with Gasteiger partial charge >= 0.3 is 0 Å². The Bertz CT molecular complexity index is 3310. The van der Waals surface area contributed by atoms with Gasteiger partial charge in [-0.15, -0.1) is 0 Å². The summed E-state index contributed by atoms with van der Waals surface area (Å²) in [6.45, 7) is 4.79. The first kappa shape index (κ1) is 34.6. The molecule has 0 aliphatic heterocycles. The number of benzene rings is 9. The molecule has 0 amide bonds. The maximum atomic E-state index is 6.38. The van der Waals surface area contributed by atoms with Crippen LogP contribution in [0.1, 0.15) is 47.2 Å². The smallest absolute Gasteiger partial charge is 0.136 e. The molecular formula is C58H41NO. The van der Waals surface area contributed by atoms with E-state index in [1.54, 1.807) is 0 Å². The maximum absolute atomic E-state index is 6.38. The van der Waals surface area contributed by atoms with Crippen molar-refractivity contribution >= 4 is 39.0 Å². The molecular weight excluding hydrogens is 727 g/mol. The van der Waals surface area contributed by atoms with Gasteiger partial charge in [0.1, 0.15) is 11.2 Å². The molecule has 0 saturated heterocycles. The third-order valence-corrected chi connectivity index (χ3v) is 13.6. The van der Waals surface area contributed by atoms with Crippen molar-refractivity contribution < 1.29 is 4.42 Å². The molecule has 1 heterocycles. The maximum Gasteiger partial charge on any atom is 0.136 e. The number of fused-ring (bicyclic) bond motifs is 9. The van der Waals surface area contributed by atoms with Crippen LogP contribution in [0, 0.1) is 0 Å². The lowest BCUT2D eigenvalue weighted by Crippen LogP contribution is -2.22. The third-order valence-electron chi connectivity index (χ3n) is 13.6. The average Bonchev–Trinajstić information content (AvgIpc) is 3.92. The van der Waals surface area contributed by atoms with Gasteiger partial charge in [-0.25, -0.2) is 0 Å². The molecule has 2 heteroatoms. The Morgan fingerprint density at radius 1 is 0.383 bits per heavy atom. The van der Waals surface area contributed by atoms with E-state index in [1.807, 2.05) is 6.07 Å².